The number of carbonyl (C=O) groups is 1. The van der Waals surface area contributed by atoms with Gasteiger partial charge in [0.2, 0.25) is 0 Å². The Labute approximate surface area is 140 Å². The number of fused-ring (bicyclic) bond motifs is 2. The molecular formula is C17H19ClN4O. The molecular weight excluding hydrogens is 312 g/mol. The SMILES string of the molecule is O=C(NC1CC2CCC(C1)N2)c1ccn(-c2cccc(Cl)c2)n1. The molecule has 120 valence electrons. The van der Waals surface area contributed by atoms with E-state index < -0.39 is 0 Å². The van der Waals surface area contributed by atoms with Crippen LogP contribution in [0.5, 0.6) is 0 Å². The van der Waals surface area contributed by atoms with Crippen LogP contribution in [0, 0.1) is 0 Å². The molecule has 23 heavy (non-hydrogen) atoms. The number of hydrogen-bond acceptors (Lipinski definition) is 3. The topological polar surface area (TPSA) is 59.0 Å². The van der Waals surface area contributed by atoms with E-state index in [1.165, 1.54) is 12.8 Å². The second-order valence-electron chi connectivity index (χ2n) is 6.41. The fraction of sp³-hybridized carbons (Fsp3) is 0.412. The summed E-state index contributed by atoms with van der Waals surface area (Å²) in [5.41, 5.74) is 1.28. The van der Waals surface area contributed by atoms with Gasteiger partial charge < -0.3 is 10.6 Å². The summed E-state index contributed by atoms with van der Waals surface area (Å²) < 4.78 is 1.67. The number of hydrogen-bond donors (Lipinski definition) is 2. The average molecular weight is 331 g/mol. The molecule has 2 bridgehead atoms. The van der Waals surface area contributed by atoms with Crippen molar-refractivity contribution in [2.45, 2.75) is 43.8 Å². The number of rotatable bonds is 3. The van der Waals surface area contributed by atoms with Gasteiger partial charge in [-0.3, -0.25) is 4.79 Å². The molecule has 6 heteroatoms. The minimum atomic E-state index is -0.0999. The summed E-state index contributed by atoms with van der Waals surface area (Å²) in [6.45, 7) is 0. The van der Waals surface area contributed by atoms with Gasteiger partial charge in [-0.05, 0) is 49.9 Å². The monoisotopic (exact) mass is 330 g/mol. The molecule has 0 saturated carbocycles. The van der Waals surface area contributed by atoms with Gasteiger partial charge in [-0.2, -0.15) is 5.10 Å². The highest BCUT2D eigenvalue weighted by atomic mass is 35.5. The maximum Gasteiger partial charge on any atom is 0.272 e. The summed E-state index contributed by atoms with van der Waals surface area (Å²) in [6, 6.07) is 10.5. The van der Waals surface area contributed by atoms with Gasteiger partial charge in [0.15, 0.2) is 5.69 Å². The number of nitrogens with one attached hydrogen (secondary N) is 2. The minimum Gasteiger partial charge on any atom is -0.348 e. The molecule has 2 aromatic rings. The molecule has 0 aliphatic carbocycles. The predicted octanol–water partition coefficient (Wildman–Crippen LogP) is 2.54. The first-order valence-corrected chi connectivity index (χ1v) is 8.44. The van der Waals surface area contributed by atoms with Crippen LogP contribution in [0.25, 0.3) is 5.69 Å². The normalized spacial score (nSPS) is 26.2. The molecule has 2 aliphatic heterocycles. The van der Waals surface area contributed by atoms with Crippen molar-refractivity contribution in [1.82, 2.24) is 20.4 Å². The minimum absolute atomic E-state index is 0.0999. The Morgan fingerprint density at radius 1 is 1.26 bits per heavy atom. The second kappa shape index (κ2) is 5.98. The van der Waals surface area contributed by atoms with Gasteiger partial charge >= 0.3 is 0 Å². The quantitative estimate of drug-likeness (QED) is 0.909. The summed E-state index contributed by atoms with van der Waals surface area (Å²) in [4.78, 5) is 12.4. The van der Waals surface area contributed by atoms with Crippen LogP contribution in [0.15, 0.2) is 36.5 Å². The number of amides is 1. The molecule has 4 rings (SSSR count). The van der Waals surface area contributed by atoms with Crippen molar-refractivity contribution in [3.8, 4) is 5.69 Å². The molecule has 2 aliphatic rings. The maximum atomic E-state index is 12.4. The largest absolute Gasteiger partial charge is 0.348 e. The molecule has 2 saturated heterocycles. The number of carbonyl (C=O) groups excluding carboxylic acids is 1. The number of benzene rings is 1. The zero-order valence-corrected chi connectivity index (χ0v) is 13.5. The highest BCUT2D eigenvalue weighted by Gasteiger charge is 2.34. The smallest absolute Gasteiger partial charge is 0.272 e. The molecule has 0 spiro atoms. The molecule has 1 amide bonds. The summed E-state index contributed by atoms with van der Waals surface area (Å²) in [5, 5.41) is 11.7. The molecule has 1 aromatic carbocycles. The first-order chi connectivity index (χ1) is 11.2. The van der Waals surface area contributed by atoms with Crippen LogP contribution in [-0.4, -0.2) is 33.8 Å². The Morgan fingerprint density at radius 2 is 2.04 bits per heavy atom. The lowest BCUT2D eigenvalue weighted by Gasteiger charge is -2.29. The van der Waals surface area contributed by atoms with E-state index in [-0.39, 0.29) is 11.9 Å². The van der Waals surface area contributed by atoms with Crippen molar-refractivity contribution < 1.29 is 4.79 Å². The first kappa shape index (κ1) is 14.7. The number of aromatic nitrogens is 2. The highest BCUT2D eigenvalue weighted by Crippen LogP contribution is 2.26. The standard InChI is InChI=1S/C17H19ClN4O/c18-11-2-1-3-15(8-11)22-7-6-16(21-22)17(23)20-14-9-12-4-5-13(10-14)19-12/h1-3,6-8,12-14,19H,4-5,9-10H2,(H,20,23). The Hall–Kier alpha value is -1.85. The molecule has 2 unspecified atom stereocenters. The van der Waals surface area contributed by atoms with Crippen LogP contribution in [0.2, 0.25) is 5.02 Å². The first-order valence-electron chi connectivity index (χ1n) is 8.06. The van der Waals surface area contributed by atoms with E-state index in [4.69, 9.17) is 11.6 Å². The number of piperidine rings is 1. The third kappa shape index (κ3) is 3.12. The second-order valence-corrected chi connectivity index (χ2v) is 6.84. The molecule has 1 aromatic heterocycles. The van der Waals surface area contributed by atoms with Gasteiger partial charge in [-0.15, -0.1) is 0 Å². The van der Waals surface area contributed by atoms with Crippen LogP contribution < -0.4 is 10.6 Å². The molecule has 2 N–H and O–H groups in total. The zero-order chi connectivity index (χ0) is 15.8. The number of nitrogens with zero attached hydrogens (tertiary/aromatic N) is 2. The van der Waals surface area contributed by atoms with Crippen LogP contribution in [0.4, 0.5) is 0 Å². The average Bonchev–Trinajstić information content (AvgIpc) is 3.14. The van der Waals surface area contributed by atoms with Crippen molar-refractivity contribution in [3.63, 3.8) is 0 Å². The van der Waals surface area contributed by atoms with Gasteiger partial charge in [-0.25, -0.2) is 4.68 Å². The third-order valence-corrected chi connectivity index (χ3v) is 4.94. The summed E-state index contributed by atoms with van der Waals surface area (Å²) in [6.07, 6.45) is 6.25. The Balaban J connectivity index is 1.45. The number of halogens is 1. The van der Waals surface area contributed by atoms with Crippen molar-refractivity contribution in [2.75, 3.05) is 0 Å². The van der Waals surface area contributed by atoms with Crippen molar-refractivity contribution in [3.05, 3.63) is 47.2 Å². The van der Waals surface area contributed by atoms with Gasteiger partial charge in [0.25, 0.3) is 5.91 Å². The van der Waals surface area contributed by atoms with Gasteiger partial charge in [-0.1, -0.05) is 17.7 Å². The Morgan fingerprint density at radius 3 is 2.78 bits per heavy atom. The van der Waals surface area contributed by atoms with Gasteiger partial charge in [0, 0.05) is 29.3 Å². The fourth-order valence-electron chi connectivity index (χ4n) is 3.64. The van der Waals surface area contributed by atoms with E-state index >= 15 is 0 Å². The Kier molecular flexibility index (Phi) is 3.83. The zero-order valence-electron chi connectivity index (χ0n) is 12.7. The van der Waals surface area contributed by atoms with E-state index in [1.54, 1.807) is 16.9 Å². The van der Waals surface area contributed by atoms with Gasteiger partial charge in [0.1, 0.15) is 0 Å². The summed E-state index contributed by atoms with van der Waals surface area (Å²) >= 11 is 6.00. The molecule has 5 nitrogen and oxygen atoms in total. The summed E-state index contributed by atoms with van der Waals surface area (Å²) in [5.74, 6) is -0.0999. The van der Waals surface area contributed by atoms with Crippen molar-refractivity contribution in [1.29, 1.82) is 0 Å². The van der Waals surface area contributed by atoms with Crippen molar-refractivity contribution in [2.24, 2.45) is 0 Å². The maximum absolute atomic E-state index is 12.4. The van der Waals surface area contributed by atoms with E-state index in [0.717, 1.165) is 18.5 Å². The van der Waals surface area contributed by atoms with Crippen molar-refractivity contribution >= 4 is 17.5 Å². The lowest BCUT2D eigenvalue weighted by Crippen LogP contribution is -2.48. The third-order valence-electron chi connectivity index (χ3n) is 4.70. The fourth-order valence-corrected chi connectivity index (χ4v) is 3.83. The molecule has 2 atom stereocenters. The van der Waals surface area contributed by atoms with E-state index in [0.29, 0.717) is 22.8 Å². The van der Waals surface area contributed by atoms with E-state index in [2.05, 4.69) is 15.7 Å². The lowest BCUT2D eigenvalue weighted by molar-refractivity contribution is 0.0918. The van der Waals surface area contributed by atoms with Crippen LogP contribution in [0.1, 0.15) is 36.2 Å². The lowest BCUT2D eigenvalue weighted by atomic mass is 10.00. The van der Waals surface area contributed by atoms with Crippen LogP contribution >= 0.6 is 11.6 Å². The van der Waals surface area contributed by atoms with E-state index in [9.17, 15) is 4.79 Å². The summed E-state index contributed by atoms with van der Waals surface area (Å²) in [7, 11) is 0. The van der Waals surface area contributed by atoms with Gasteiger partial charge in [0.05, 0.1) is 5.69 Å². The van der Waals surface area contributed by atoms with Crippen LogP contribution in [-0.2, 0) is 0 Å². The highest BCUT2D eigenvalue weighted by molar-refractivity contribution is 6.30. The predicted molar refractivity (Wildman–Crippen MR) is 89.0 cm³/mol. The van der Waals surface area contributed by atoms with Crippen LogP contribution in [0.3, 0.4) is 0 Å². The van der Waals surface area contributed by atoms with E-state index in [1.807, 2.05) is 24.3 Å². The molecule has 2 fully saturated rings. The molecule has 3 heterocycles. The Bertz CT molecular complexity index is 717. The molecule has 0 radical (unpaired) electrons.